The molecule has 0 aromatic heterocycles. The Bertz CT molecular complexity index is 459. The van der Waals surface area contributed by atoms with E-state index in [0.29, 0.717) is 25.4 Å². The van der Waals surface area contributed by atoms with Crippen molar-refractivity contribution in [3.63, 3.8) is 0 Å². The molecular weight excluding hydrogens is 252 g/mol. The molecule has 0 spiro atoms. The van der Waals surface area contributed by atoms with Crippen molar-refractivity contribution in [1.29, 1.82) is 0 Å². The van der Waals surface area contributed by atoms with Crippen LogP contribution in [-0.2, 0) is 16.0 Å². The van der Waals surface area contributed by atoms with Crippen LogP contribution < -0.4 is 10.6 Å². The Balaban J connectivity index is 1.53. The zero-order chi connectivity index (χ0) is 14.4. The van der Waals surface area contributed by atoms with Gasteiger partial charge >= 0.3 is 0 Å². The summed E-state index contributed by atoms with van der Waals surface area (Å²) in [7, 11) is 0. The van der Waals surface area contributed by atoms with Gasteiger partial charge in [-0.2, -0.15) is 0 Å². The van der Waals surface area contributed by atoms with E-state index >= 15 is 0 Å². The van der Waals surface area contributed by atoms with E-state index in [2.05, 4.69) is 17.6 Å². The van der Waals surface area contributed by atoms with Gasteiger partial charge in [0, 0.05) is 25.4 Å². The standard InChI is InChI=1S/C16H22N2O2/c1-12-11-14(12)16(20)18-10-8-15(19)17-9-7-13-5-3-2-4-6-13/h2-6,12,14H,7-11H2,1H3,(H,17,19)(H,18,20)/t12-,14-/m0/s1. The summed E-state index contributed by atoms with van der Waals surface area (Å²) in [6.45, 7) is 3.14. The van der Waals surface area contributed by atoms with Crippen molar-refractivity contribution < 1.29 is 9.59 Å². The highest BCUT2D eigenvalue weighted by Gasteiger charge is 2.38. The molecule has 1 saturated carbocycles. The Hall–Kier alpha value is -1.84. The van der Waals surface area contributed by atoms with Gasteiger partial charge in [0.1, 0.15) is 0 Å². The topological polar surface area (TPSA) is 58.2 Å². The molecule has 1 aromatic rings. The molecule has 0 saturated heterocycles. The molecule has 0 aliphatic heterocycles. The second-order valence-electron chi connectivity index (χ2n) is 5.45. The molecule has 0 heterocycles. The number of benzene rings is 1. The normalized spacial score (nSPS) is 20.2. The summed E-state index contributed by atoms with van der Waals surface area (Å²) in [5.41, 5.74) is 1.21. The lowest BCUT2D eigenvalue weighted by molar-refractivity contribution is -0.123. The SMILES string of the molecule is C[C@H]1C[C@@H]1C(=O)NCCC(=O)NCCc1ccccc1. The van der Waals surface area contributed by atoms with Crippen molar-refractivity contribution in [2.75, 3.05) is 13.1 Å². The van der Waals surface area contributed by atoms with Crippen LogP contribution in [-0.4, -0.2) is 24.9 Å². The molecule has 1 fully saturated rings. The maximum atomic E-state index is 11.6. The van der Waals surface area contributed by atoms with Gasteiger partial charge in [0.25, 0.3) is 0 Å². The van der Waals surface area contributed by atoms with Crippen LogP contribution >= 0.6 is 0 Å². The van der Waals surface area contributed by atoms with Crippen molar-refractivity contribution in [1.82, 2.24) is 10.6 Å². The van der Waals surface area contributed by atoms with Crippen LogP contribution in [0.15, 0.2) is 30.3 Å². The van der Waals surface area contributed by atoms with Gasteiger partial charge in [-0.05, 0) is 24.3 Å². The summed E-state index contributed by atoms with van der Waals surface area (Å²) in [4.78, 5) is 23.2. The molecule has 2 atom stereocenters. The zero-order valence-corrected chi connectivity index (χ0v) is 11.9. The Kier molecular flexibility index (Phi) is 5.16. The van der Waals surface area contributed by atoms with Crippen LogP contribution in [0.2, 0.25) is 0 Å². The predicted octanol–water partition coefficient (Wildman–Crippen LogP) is 1.51. The molecule has 108 valence electrons. The third-order valence-corrected chi connectivity index (χ3v) is 3.68. The fraction of sp³-hybridized carbons (Fsp3) is 0.500. The molecule has 0 radical (unpaired) electrons. The van der Waals surface area contributed by atoms with Gasteiger partial charge in [0.15, 0.2) is 0 Å². The summed E-state index contributed by atoms with van der Waals surface area (Å²) in [5.74, 6) is 0.769. The highest BCUT2D eigenvalue weighted by atomic mass is 16.2. The first kappa shape index (κ1) is 14.6. The van der Waals surface area contributed by atoms with Crippen molar-refractivity contribution in [3.05, 3.63) is 35.9 Å². The largest absolute Gasteiger partial charge is 0.356 e. The van der Waals surface area contributed by atoms with E-state index in [9.17, 15) is 9.59 Å². The quantitative estimate of drug-likeness (QED) is 0.792. The smallest absolute Gasteiger partial charge is 0.223 e. The van der Waals surface area contributed by atoms with Gasteiger partial charge in [-0.25, -0.2) is 0 Å². The summed E-state index contributed by atoms with van der Waals surface area (Å²) >= 11 is 0. The van der Waals surface area contributed by atoms with Crippen molar-refractivity contribution in [3.8, 4) is 0 Å². The molecular formula is C16H22N2O2. The summed E-state index contributed by atoms with van der Waals surface area (Å²) < 4.78 is 0. The van der Waals surface area contributed by atoms with Gasteiger partial charge in [0.05, 0.1) is 0 Å². The molecule has 4 nitrogen and oxygen atoms in total. The fourth-order valence-corrected chi connectivity index (χ4v) is 2.20. The highest BCUT2D eigenvalue weighted by molar-refractivity contribution is 5.82. The molecule has 2 amide bonds. The van der Waals surface area contributed by atoms with E-state index in [-0.39, 0.29) is 17.7 Å². The van der Waals surface area contributed by atoms with Gasteiger partial charge in [-0.3, -0.25) is 9.59 Å². The number of nitrogens with one attached hydrogen (secondary N) is 2. The fourth-order valence-electron chi connectivity index (χ4n) is 2.20. The van der Waals surface area contributed by atoms with Crippen molar-refractivity contribution in [2.24, 2.45) is 11.8 Å². The van der Waals surface area contributed by atoms with Gasteiger partial charge in [0.2, 0.25) is 11.8 Å². The summed E-state index contributed by atoms with van der Waals surface area (Å²) in [6.07, 6.45) is 2.16. The van der Waals surface area contributed by atoms with E-state index in [4.69, 9.17) is 0 Å². The molecule has 1 aromatic carbocycles. The summed E-state index contributed by atoms with van der Waals surface area (Å²) in [6, 6.07) is 10.1. The maximum absolute atomic E-state index is 11.6. The lowest BCUT2D eigenvalue weighted by Crippen LogP contribution is -2.32. The van der Waals surface area contributed by atoms with Gasteiger partial charge < -0.3 is 10.6 Å². The minimum Gasteiger partial charge on any atom is -0.356 e. The number of hydrogen-bond donors (Lipinski definition) is 2. The Morgan fingerprint density at radius 3 is 2.50 bits per heavy atom. The number of carbonyl (C=O) groups is 2. The monoisotopic (exact) mass is 274 g/mol. The molecule has 1 aliphatic carbocycles. The lowest BCUT2D eigenvalue weighted by atomic mass is 10.1. The molecule has 2 N–H and O–H groups in total. The number of hydrogen-bond acceptors (Lipinski definition) is 2. The van der Waals surface area contributed by atoms with Crippen LogP contribution in [0.25, 0.3) is 0 Å². The number of carbonyl (C=O) groups excluding carboxylic acids is 2. The van der Waals surface area contributed by atoms with Crippen LogP contribution in [0, 0.1) is 11.8 Å². The summed E-state index contributed by atoms with van der Waals surface area (Å²) in [5, 5.41) is 5.68. The van der Waals surface area contributed by atoms with Crippen molar-refractivity contribution in [2.45, 2.75) is 26.2 Å². The third kappa shape index (κ3) is 4.68. The molecule has 2 rings (SSSR count). The average Bonchev–Trinajstić information content (AvgIpc) is 3.17. The molecule has 20 heavy (non-hydrogen) atoms. The minimum absolute atomic E-state index is 0.00919. The molecule has 4 heteroatoms. The number of rotatable bonds is 7. The first-order valence-corrected chi connectivity index (χ1v) is 7.25. The minimum atomic E-state index is -0.00919. The first-order valence-electron chi connectivity index (χ1n) is 7.25. The van der Waals surface area contributed by atoms with Crippen LogP contribution in [0.4, 0.5) is 0 Å². The maximum Gasteiger partial charge on any atom is 0.223 e. The Morgan fingerprint density at radius 2 is 1.85 bits per heavy atom. The van der Waals surface area contributed by atoms with Crippen LogP contribution in [0.5, 0.6) is 0 Å². The molecule has 0 bridgehead atoms. The second-order valence-corrected chi connectivity index (χ2v) is 5.45. The predicted molar refractivity (Wildman–Crippen MR) is 78.1 cm³/mol. The lowest BCUT2D eigenvalue weighted by Gasteiger charge is -2.06. The van der Waals surface area contributed by atoms with Crippen molar-refractivity contribution >= 4 is 11.8 Å². The van der Waals surface area contributed by atoms with E-state index in [1.165, 1.54) is 5.56 Å². The van der Waals surface area contributed by atoms with E-state index < -0.39 is 0 Å². The van der Waals surface area contributed by atoms with E-state index in [1.54, 1.807) is 0 Å². The Labute approximate surface area is 119 Å². The van der Waals surface area contributed by atoms with Crippen LogP contribution in [0.3, 0.4) is 0 Å². The van der Waals surface area contributed by atoms with E-state index in [0.717, 1.165) is 12.8 Å². The van der Waals surface area contributed by atoms with E-state index in [1.807, 2.05) is 30.3 Å². The second kappa shape index (κ2) is 7.08. The first-order chi connectivity index (χ1) is 9.66. The average molecular weight is 274 g/mol. The highest BCUT2D eigenvalue weighted by Crippen LogP contribution is 2.37. The van der Waals surface area contributed by atoms with Gasteiger partial charge in [-0.15, -0.1) is 0 Å². The Morgan fingerprint density at radius 1 is 1.15 bits per heavy atom. The van der Waals surface area contributed by atoms with Gasteiger partial charge in [-0.1, -0.05) is 37.3 Å². The van der Waals surface area contributed by atoms with Crippen LogP contribution in [0.1, 0.15) is 25.3 Å². The zero-order valence-electron chi connectivity index (χ0n) is 11.9. The number of amides is 2. The third-order valence-electron chi connectivity index (χ3n) is 3.68. The molecule has 0 unspecified atom stereocenters. The molecule has 1 aliphatic rings.